The van der Waals surface area contributed by atoms with Crippen molar-refractivity contribution in [2.75, 3.05) is 31.8 Å². The van der Waals surface area contributed by atoms with E-state index in [1.165, 1.54) is 89.9 Å². The molecule has 1 N–H and O–H groups in total. The second kappa shape index (κ2) is 24.6. The first-order chi connectivity index (χ1) is 14.2. The molecule has 0 saturated heterocycles. The van der Waals surface area contributed by atoms with E-state index < -0.39 is 6.10 Å². The molecule has 29 heavy (non-hydrogen) atoms. The maximum absolute atomic E-state index is 9.52. The molecule has 0 aliphatic carbocycles. The van der Waals surface area contributed by atoms with E-state index in [4.69, 9.17) is 9.47 Å². The van der Waals surface area contributed by atoms with Crippen LogP contribution in [-0.2, 0) is 9.47 Å². The van der Waals surface area contributed by atoms with Gasteiger partial charge in [-0.05, 0) is 12.8 Å². The number of hydrogen-bond donors (Lipinski definition) is 1. The average Bonchev–Trinajstić information content (AvgIpc) is 2.73. The Bertz CT molecular complexity index is 302. The van der Waals surface area contributed by atoms with Crippen LogP contribution in [0.25, 0.3) is 0 Å². The zero-order chi connectivity index (χ0) is 21.4. The Morgan fingerprint density at radius 2 is 1.10 bits per heavy atom. The van der Waals surface area contributed by atoms with Gasteiger partial charge in [0, 0.05) is 17.9 Å². The van der Waals surface area contributed by atoms with E-state index in [0.29, 0.717) is 24.5 Å². The predicted octanol–water partition coefficient (Wildman–Crippen LogP) is 7.67. The molecule has 0 aliphatic rings. The molecule has 2 atom stereocenters. The van der Waals surface area contributed by atoms with Crippen LogP contribution in [0.5, 0.6) is 0 Å². The highest BCUT2D eigenvalue weighted by Gasteiger charge is 2.10. The number of rotatable bonds is 24. The fraction of sp³-hybridized carbons (Fsp3) is 1.00. The van der Waals surface area contributed by atoms with Gasteiger partial charge < -0.3 is 14.6 Å². The quantitative estimate of drug-likeness (QED) is 0.114. The predicted molar refractivity (Wildman–Crippen MR) is 130 cm³/mol. The molecular weight excluding hydrogens is 428 g/mol. The second-order valence-electron chi connectivity index (χ2n) is 8.67. The molecule has 0 fully saturated rings. The minimum Gasteiger partial charge on any atom is -0.390 e. The highest BCUT2D eigenvalue weighted by Crippen LogP contribution is 2.13. The van der Waals surface area contributed by atoms with E-state index in [2.05, 4.69) is 29.8 Å². The number of ether oxygens (including phenoxy) is 2. The van der Waals surface area contributed by atoms with Crippen molar-refractivity contribution < 1.29 is 14.6 Å². The molecule has 0 bridgehead atoms. The van der Waals surface area contributed by atoms with Crippen molar-refractivity contribution in [2.45, 2.75) is 123 Å². The average molecular weight is 480 g/mol. The molecule has 2 unspecified atom stereocenters. The van der Waals surface area contributed by atoms with Crippen molar-refractivity contribution in [3.05, 3.63) is 0 Å². The zero-order valence-corrected chi connectivity index (χ0v) is 21.2. The summed E-state index contributed by atoms with van der Waals surface area (Å²) in [5, 5.41) is 10.1. The number of halogens is 1. The summed E-state index contributed by atoms with van der Waals surface area (Å²) < 4.78 is 11.5. The van der Waals surface area contributed by atoms with Crippen LogP contribution < -0.4 is 0 Å². The van der Waals surface area contributed by atoms with Gasteiger partial charge in [0.1, 0.15) is 0 Å². The third-order valence-corrected chi connectivity index (χ3v) is 6.28. The van der Waals surface area contributed by atoms with Crippen molar-refractivity contribution in [3.63, 3.8) is 0 Å². The van der Waals surface area contributed by atoms with Crippen LogP contribution in [0.3, 0.4) is 0 Å². The summed E-state index contributed by atoms with van der Waals surface area (Å²) in [4.78, 5) is 0. The summed E-state index contributed by atoms with van der Waals surface area (Å²) in [7, 11) is 0. The second-order valence-corrected chi connectivity index (χ2v) is 9.32. The van der Waals surface area contributed by atoms with Crippen LogP contribution >= 0.6 is 15.9 Å². The summed E-state index contributed by atoms with van der Waals surface area (Å²) >= 11 is 3.26. The zero-order valence-electron chi connectivity index (χ0n) is 19.6. The highest BCUT2D eigenvalue weighted by atomic mass is 79.9. The topological polar surface area (TPSA) is 38.7 Å². The molecule has 0 aromatic carbocycles. The molecule has 3 nitrogen and oxygen atoms in total. The van der Waals surface area contributed by atoms with Crippen LogP contribution in [-0.4, -0.2) is 43.0 Å². The molecule has 176 valence electrons. The number of unbranched alkanes of at least 4 members (excludes halogenated alkanes) is 13. The van der Waals surface area contributed by atoms with Gasteiger partial charge in [0.2, 0.25) is 0 Å². The lowest BCUT2D eigenvalue weighted by Gasteiger charge is -2.17. The number of aliphatic hydroxyl groups excluding tert-OH is 1. The largest absolute Gasteiger partial charge is 0.390 e. The third kappa shape index (κ3) is 22.9. The van der Waals surface area contributed by atoms with E-state index >= 15 is 0 Å². The molecule has 0 heterocycles. The van der Waals surface area contributed by atoms with E-state index in [1.807, 2.05) is 0 Å². The van der Waals surface area contributed by atoms with Gasteiger partial charge in [-0.15, -0.1) is 0 Å². The van der Waals surface area contributed by atoms with Gasteiger partial charge in [-0.25, -0.2) is 0 Å². The van der Waals surface area contributed by atoms with E-state index in [0.717, 1.165) is 26.1 Å². The molecule has 0 saturated carbocycles. The van der Waals surface area contributed by atoms with E-state index in [1.54, 1.807) is 0 Å². The molecule has 0 aliphatic heterocycles. The molecule has 0 rings (SSSR count). The first-order valence-corrected chi connectivity index (χ1v) is 13.8. The van der Waals surface area contributed by atoms with Crippen molar-refractivity contribution in [1.29, 1.82) is 0 Å². The van der Waals surface area contributed by atoms with Crippen LogP contribution in [0.15, 0.2) is 0 Å². The Labute approximate surface area is 190 Å². The lowest BCUT2D eigenvalue weighted by molar-refractivity contribution is 0.00382. The Kier molecular flexibility index (Phi) is 24.9. The highest BCUT2D eigenvalue weighted by molar-refractivity contribution is 9.09. The Morgan fingerprint density at radius 1 is 0.621 bits per heavy atom. The third-order valence-electron chi connectivity index (χ3n) is 5.53. The Hall–Kier alpha value is 0.360. The minimum absolute atomic E-state index is 0.407. The molecule has 0 aromatic heterocycles. The maximum atomic E-state index is 9.52. The minimum atomic E-state index is -0.409. The van der Waals surface area contributed by atoms with E-state index in [-0.39, 0.29) is 0 Å². The van der Waals surface area contributed by atoms with Crippen LogP contribution in [0, 0.1) is 5.92 Å². The van der Waals surface area contributed by atoms with Gasteiger partial charge in [-0.1, -0.05) is 120 Å². The fourth-order valence-corrected chi connectivity index (χ4v) is 3.87. The molecule has 0 radical (unpaired) electrons. The molecule has 0 amide bonds. The van der Waals surface area contributed by atoms with Gasteiger partial charge in [0.25, 0.3) is 0 Å². The Morgan fingerprint density at radius 3 is 1.59 bits per heavy atom. The van der Waals surface area contributed by atoms with Crippen LogP contribution in [0.2, 0.25) is 0 Å². The first kappa shape index (κ1) is 29.4. The fourth-order valence-electron chi connectivity index (χ4n) is 3.69. The summed E-state index contributed by atoms with van der Waals surface area (Å²) in [6, 6.07) is 0. The Balaban J connectivity index is 3.33. The first-order valence-electron chi connectivity index (χ1n) is 12.6. The van der Waals surface area contributed by atoms with Crippen LogP contribution in [0.1, 0.15) is 117 Å². The summed E-state index contributed by atoms with van der Waals surface area (Å²) in [5.74, 6) is 0.453. The number of hydrogen-bond acceptors (Lipinski definition) is 3. The van der Waals surface area contributed by atoms with Gasteiger partial charge in [-0.2, -0.15) is 0 Å². The summed E-state index contributed by atoms with van der Waals surface area (Å²) in [5.41, 5.74) is 0. The van der Waals surface area contributed by atoms with Crippen molar-refractivity contribution in [2.24, 2.45) is 5.92 Å². The summed E-state index contributed by atoms with van der Waals surface area (Å²) in [6.07, 6.45) is 21.3. The van der Waals surface area contributed by atoms with Crippen molar-refractivity contribution in [1.82, 2.24) is 0 Å². The van der Waals surface area contributed by atoms with E-state index in [9.17, 15) is 5.11 Å². The smallest absolute Gasteiger partial charge is 0.0870 e. The standard InChI is InChI=1S/C25H51BrO3/c1-3-5-6-7-8-9-10-11-12-13-14-15-16-17-19-28-21-24(18-4-2)22-29-23-25(27)20-26/h24-25,27H,3-23H2,1-2H3. The van der Waals surface area contributed by atoms with Crippen LogP contribution in [0.4, 0.5) is 0 Å². The number of alkyl halides is 1. The van der Waals surface area contributed by atoms with Crippen molar-refractivity contribution >= 4 is 15.9 Å². The molecule has 4 heteroatoms. The maximum Gasteiger partial charge on any atom is 0.0870 e. The van der Waals surface area contributed by atoms with Gasteiger partial charge in [-0.3, -0.25) is 0 Å². The molecule has 0 spiro atoms. The summed E-state index contributed by atoms with van der Waals surface area (Å²) in [6.45, 7) is 7.25. The lowest BCUT2D eigenvalue weighted by Crippen LogP contribution is -2.22. The monoisotopic (exact) mass is 478 g/mol. The lowest BCUT2D eigenvalue weighted by atomic mass is 10.0. The van der Waals surface area contributed by atoms with Crippen molar-refractivity contribution in [3.8, 4) is 0 Å². The SMILES string of the molecule is CCCCCCCCCCCCCCCCOCC(CCC)COCC(O)CBr. The van der Waals surface area contributed by atoms with Gasteiger partial charge in [0.05, 0.1) is 25.9 Å². The molecule has 0 aromatic rings. The normalized spacial score (nSPS) is 13.7. The molecular formula is C25H51BrO3. The number of aliphatic hydroxyl groups is 1. The van der Waals surface area contributed by atoms with Gasteiger partial charge >= 0.3 is 0 Å². The van der Waals surface area contributed by atoms with Gasteiger partial charge in [0.15, 0.2) is 0 Å².